The molecule has 0 atom stereocenters. The molecule has 3 aromatic heterocycles. The van der Waals surface area contributed by atoms with E-state index in [1.807, 2.05) is 60.7 Å². The molecule has 3 heterocycles. The Morgan fingerprint density at radius 2 is 1.10 bits per heavy atom. The summed E-state index contributed by atoms with van der Waals surface area (Å²) in [5.74, 6) is 0.240. The Balaban J connectivity index is 1.28. The van der Waals surface area contributed by atoms with Crippen LogP contribution in [0.25, 0.3) is 43.6 Å². The van der Waals surface area contributed by atoms with Gasteiger partial charge >= 0.3 is 5.69 Å². The Morgan fingerprint density at radius 3 is 1.54 bits per heavy atom. The summed E-state index contributed by atoms with van der Waals surface area (Å²) >= 11 is 0. The molecule has 202 valence electrons. The Kier molecular flexibility index (Phi) is 5.78. The van der Waals surface area contributed by atoms with Gasteiger partial charge in [0.2, 0.25) is 11.6 Å². The minimum Gasteiger partial charge on any atom is -0.341 e. The molecule has 0 unspecified atom stereocenters. The van der Waals surface area contributed by atoms with Gasteiger partial charge in [0, 0.05) is 68.1 Å². The summed E-state index contributed by atoms with van der Waals surface area (Å²) in [6.07, 6.45) is 1.33. The zero-order valence-electron chi connectivity index (χ0n) is 22.6. The van der Waals surface area contributed by atoms with E-state index in [0.717, 1.165) is 56.7 Å². The van der Waals surface area contributed by atoms with E-state index < -0.39 is 4.92 Å². The Bertz CT molecular complexity index is 1980. The summed E-state index contributed by atoms with van der Waals surface area (Å²) < 4.78 is 4.52. The maximum absolute atomic E-state index is 12.3. The molecule has 9 nitrogen and oxygen atoms in total. The number of nitrogens with zero attached hydrogens (tertiary/aromatic N) is 5. The molecule has 0 spiro atoms. The zero-order valence-corrected chi connectivity index (χ0v) is 22.6. The van der Waals surface area contributed by atoms with Gasteiger partial charge in [0.15, 0.2) is 0 Å². The predicted molar refractivity (Wildman–Crippen MR) is 165 cm³/mol. The van der Waals surface area contributed by atoms with E-state index >= 15 is 0 Å². The van der Waals surface area contributed by atoms with Gasteiger partial charge in [-0.15, -0.1) is 0 Å². The fraction of sp³-hybridized carbons (Fsp3) is 0.125. The van der Waals surface area contributed by atoms with Crippen molar-refractivity contribution in [2.24, 2.45) is 0 Å². The van der Waals surface area contributed by atoms with Crippen LogP contribution in [0.2, 0.25) is 0 Å². The average molecular weight is 542 g/mol. The molecule has 0 aliphatic carbocycles. The first-order valence-corrected chi connectivity index (χ1v) is 13.6. The van der Waals surface area contributed by atoms with Crippen LogP contribution >= 0.6 is 0 Å². The van der Waals surface area contributed by atoms with Crippen molar-refractivity contribution in [3.05, 3.63) is 101 Å². The molecular formula is C32H27N7O2. The summed E-state index contributed by atoms with van der Waals surface area (Å²) in [5.41, 5.74) is 5.72. The summed E-state index contributed by atoms with van der Waals surface area (Å²) in [7, 11) is 0. The number of anilines is 4. The van der Waals surface area contributed by atoms with Crippen molar-refractivity contribution >= 4 is 72.3 Å². The lowest BCUT2D eigenvalue weighted by atomic mass is 10.1. The summed E-state index contributed by atoms with van der Waals surface area (Å²) in [5, 5.41) is 23.1. The second-order valence-electron chi connectivity index (χ2n) is 9.91. The number of benzene rings is 4. The highest BCUT2D eigenvalue weighted by molar-refractivity contribution is 6.10. The molecule has 0 aliphatic heterocycles. The quantitative estimate of drug-likeness (QED) is 0.156. The van der Waals surface area contributed by atoms with Gasteiger partial charge < -0.3 is 19.8 Å². The number of hydrogen-bond acceptors (Lipinski definition) is 6. The molecule has 7 rings (SSSR count). The highest BCUT2D eigenvalue weighted by atomic mass is 16.6. The number of rotatable bonds is 7. The second-order valence-corrected chi connectivity index (χ2v) is 9.91. The van der Waals surface area contributed by atoms with E-state index in [9.17, 15) is 10.1 Å². The molecule has 2 N–H and O–H groups in total. The number of aryl methyl sites for hydroxylation is 2. The van der Waals surface area contributed by atoms with Crippen molar-refractivity contribution in [2.75, 3.05) is 10.6 Å². The molecular weight excluding hydrogens is 514 g/mol. The van der Waals surface area contributed by atoms with Gasteiger partial charge in [-0.05, 0) is 62.4 Å². The van der Waals surface area contributed by atoms with Gasteiger partial charge in [0.25, 0.3) is 0 Å². The van der Waals surface area contributed by atoms with Crippen molar-refractivity contribution in [3.8, 4) is 0 Å². The van der Waals surface area contributed by atoms with E-state index in [0.29, 0.717) is 11.4 Å². The number of aromatic nitrogens is 4. The average Bonchev–Trinajstić information content (AvgIpc) is 3.48. The van der Waals surface area contributed by atoms with Crippen LogP contribution in [0, 0.1) is 10.1 Å². The molecule has 0 bridgehead atoms. The third-order valence-electron chi connectivity index (χ3n) is 7.71. The van der Waals surface area contributed by atoms with Gasteiger partial charge in [0.05, 0.1) is 4.92 Å². The van der Waals surface area contributed by atoms with Crippen LogP contribution in [0.5, 0.6) is 0 Å². The number of para-hydroxylation sites is 2. The molecule has 4 aromatic carbocycles. The maximum atomic E-state index is 12.3. The molecule has 0 radical (unpaired) electrons. The van der Waals surface area contributed by atoms with Crippen LogP contribution in [0.3, 0.4) is 0 Å². The van der Waals surface area contributed by atoms with Crippen molar-refractivity contribution in [1.82, 2.24) is 19.1 Å². The summed E-state index contributed by atoms with van der Waals surface area (Å²) in [6, 6.07) is 28.5. The van der Waals surface area contributed by atoms with Crippen LogP contribution in [-0.4, -0.2) is 24.0 Å². The van der Waals surface area contributed by atoms with Gasteiger partial charge in [-0.1, -0.05) is 36.4 Å². The number of fused-ring (bicyclic) bond motifs is 6. The van der Waals surface area contributed by atoms with Crippen molar-refractivity contribution < 1.29 is 4.92 Å². The van der Waals surface area contributed by atoms with Crippen molar-refractivity contribution in [1.29, 1.82) is 0 Å². The van der Waals surface area contributed by atoms with E-state index in [4.69, 9.17) is 0 Å². The van der Waals surface area contributed by atoms with E-state index in [-0.39, 0.29) is 17.3 Å². The van der Waals surface area contributed by atoms with Gasteiger partial charge in [0.1, 0.15) is 6.33 Å². The fourth-order valence-corrected chi connectivity index (χ4v) is 5.95. The summed E-state index contributed by atoms with van der Waals surface area (Å²) in [6.45, 7) is 5.93. The lowest BCUT2D eigenvalue weighted by Gasteiger charge is -2.11. The fourth-order valence-electron chi connectivity index (χ4n) is 5.95. The first kappa shape index (κ1) is 24.6. The zero-order chi connectivity index (χ0) is 28.1. The lowest BCUT2D eigenvalue weighted by Crippen LogP contribution is -2.05. The van der Waals surface area contributed by atoms with Crippen LogP contribution in [0.1, 0.15) is 13.8 Å². The van der Waals surface area contributed by atoms with Gasteiger partial charge in [-0.3, -0.25) is 10.1 Å². The Labute approximate surface area is 235 Å². The highest BCUT2D eigenvalue weighted by Gasteiger charge is 2.24. The molecule has 0 saturated carbocycles. The lowest BCUT2D eigenvalue weighted by molar-refractivity contribution is -0.383. The molecule has 41 heavy (non-hydrogen) atoms. The minimum atomic E-state index is -0.451. The maximum Gasteiger partial charge on any atom is 0.353 e. The topological polar surface area (TPSA) is 103 Å². The first-order chi connectivity index (χ1) is 20.1. The molecule has 0 aliphatic rings. The monoisotopic (exact) mass is 541 g/mol. The number of hydrogen-bond donors (Lipinski definition) is 2. The molecule has 0 fully saturated rings. The van der Waals surface area contributed by atoms with Crippen LogP contribution in [0.4, 0.5) is 28.7 Å². The van der Waals surface area contributed by atoms with Crippen LogP contribution < -0.4 is 10.6 Å². The minimum absolute atomic E-state index is 0.120. The van der Waals surface area contributed by atoms with E-state index in [1.54, 1.807) is 0 Å². The van der Waals surface area contributed by atoms with Gasteiger partial charge in [-0.2, -0.15) is 0 Å². The van der Waals surface area contributed by atoms with Gasteiger partial charge in [-0.25, -0.2) is 9.97 Å². The molecule has 9 heteroatoms. The third-order valence-corrected chi connectivity index (χ3v) is 7.71. The van der Waals surface area contributed by atoms with E-state index in [1.165, 1.54) is 6.33 Å². The van der Waals surface area contributed by atoms with Crippen LogP contribution in [0.15, 0.2) is 91.3 Å². The van der Waals surface area contributed by atoms with Crippen molar-refractivity contribution in [3.63, 3.8) is 0 Å². The van der Waals surface area contributed by atoms with E-state index in [2.05, 4.69) is 67.8 Å². The van der Waals surface area contributed by atoms with Crippen molar-refractivity contribution in [2.45, 2.75) is 26.9 Å². The second kappa shape index (κ2) is 9.63. The molecule has 0 saturated heterocycles. The standard InChI is InChI=1S/C32H27N7O2/c1-3-37-26-11-7-5-9-22(26)24-17-20(13-15-28(24)37)35-31-30(39(40)41)32(34-19-33-31)36-21-14-16-29-25(18-21)23-10-6-8-12-27(23)38(29)4-2/h5-19H,3-4H2,1-2H3,(H2,33,34,35,36). The third kappa shape index (κ3) is 3.93. The summed E-state index contributed by atoms with van der Waals surface area (Å²) in [4.78, 5) is 20.4. The predicted octanol–water partition coefficient (Wildman–Crippen LogP) is 8.13. The smallest absolute Gasteiger partial charge is 0.341 e. The molecule has 0 amide bonds. The normalized spacial score (nSPS) is 11.6. The number of nitrogens with one attached hydrogen (secondary N) is 2. The number of nitro groups is 1. The molecule has 7 aromatic rings. The highest BCUT2D eigenvalue weighted by Crippen LogP contribution is 2.37. The van der Waals surface area contributed by atoms with Crippen LogP contribution in [-0.2, 0) is 13.1 Å². The Morgan fingerprint density at radius 1 is 0.659 bits per heavy atom. The first-order valence-electron chi connectivity index (χ1n) is 13.6. The SMILES string of the molecule is CCn1c2ccccc2c2cc(Nc3ncnc(Nc4ccc5c(c4)c4ccccc4n5CC)c3[N+](=O)[O-])ccc21. The Hall–Kier alpha value is -5.44. The largest absolute Gasteiger partial charge is 0.353 e.